The first-order valence-electron chi connectivity index (χ1n) is 5.34. The maximum Gasteiger partial charge on any atom is 0.324 e. The van der Waals surface area contributed by atoms with Crippen LogP contribution in [0, 0.1) is 5.92 Å². The molecular weight excluding hydrogens is 180 g/mol. The Morgan fingerprint density at radius 1 is 1.29 bits per heavy atom. The van der Waals surface area contributed by atoms with Gasteiger partial charge in [-0.05, 0) is 12.3 Å². The number of hydrogen-bond donors (Lipinski definition) is 1. The third kappa shape index (κ3) is 2.05. The van der Waals surface area contributed by atoms with Crippen LogP contribution < -0.4 is 5.32 Å². The van der Waals surface area contributed by atoms with Gasteiger partial charge >= 0.3 is 6.03 Å². The van der Waals surface area contributed by atoms with Gasteiger partial charge in [0.05, 0.1) is 0 Å². The predicted molar refractivity (Wildman–Crippen MR) is 51.7 cm³/mol. The average Bonchev–Trinajstić information content (AvgIpc) is 2.72. The van der Waals surface area contributed by atoms with Gasteiger partial charge < -0.3 is 4.90 Å². The van der Waals surface area contributed by atoms with Crippen LogP contribution in [0.2, 0.25) is 0 Å². The van der Waals surface area contributed by atoms with Crippen LogP contribution in [0.5, 0.6) is 0 Å². The molecule has 14 heavy (non-hydrogen) atoms. The highest BCUT2D eigenvalue weighted by atomic mass is 16.2. The number of imide groups is 1. The molecule has 3 amide bonds. The van der Waals surface area contributed by atoms with Gasteiger partial charge in [0.25, 0.3) is 0 Å². The van der Waals surface area contributed by atoms with Crippen molar-refractivity contribution in [2.75, 3.05) is 13.1 Å². The van der Waals surface area contributed by atoms with Crippen LogP contribution in [0.25, 0.3) is 0 Å². The van der Waals surface area contributed by atoms with E-state index in [4.69, 9.17) is 0 Å². The van der Waals surface area contributed by atoms with E-state index in [2.05, 4.69) is 5.32 Å². The highest BCUT2D eigenvalue weighted by molar-refractivity contribution is 6.01. The highest BCUT2D eigenvalue weighted by Gasteiger charge is 2.27. The maximum atomic E-state index is 11.2. The molecule has 2 aliphatic rings. The molecule has 0 aromatic carbocycles. The van der Waals surface area contributed by atoms with Crippen LogP contribution in [0.4, 0.5) is 4.79 Å². The Labute approximate surface area is 83.6 Å². The SMILES string of the molecule is O=C1CN(CCC2CCCC2)C(=O)N1. The van der Waals surface area contributed by atoms with E-state index in [1.165, 1.54) is 25.7 Å². The van der Waals surface area contributed by atoms with Gasteiger partial charge in [0, 0.05) is 6.54 Å². The van der Waals surface area contributed by atoms with Gasteiger partial charge in [-0.25, -0.2) is 4.79 Å². The molecule has 0 unspecified atom stereocenters. The van der Waals surface area contributed by atoms with Crippen LogP contribution >= 0.6 is 0 Å². The van der Waals surface area contributed by atoms with Crippen molar-refractivity contribution in [2.45, 2.75) is 32.1 Å². The molecule has 2 rings (SSSR count). The number of rotatable bonds is 3. The summed E-state index contributed by atoms with van der Waals surface area (Å²) in [5.74, 6) is 0.611. The number of nitrogens with one attached hydrogen (secondary N) is 1. The first-order chi connectivity index (χ1) is 6.75. The fraction of sp³-hybridized carbons (Fsp3) is 0.800. The number of nitrogens with zero attached hydrogens (tertiary/aromatic N) is 1. The molecule has 2 fully saturated rings. The molecule has 1 aliphatic heterocycles. The number of carbonyl (C=O) groups excluding carboxylic acids is 2. The molecule has 0 atom stereocenters. The fourth-order valence-corrected chi connectivity index (χ4v) is 2.30. The second kappa shape index (κ2) is 3.98. The Morgan fingerprint density at radius 2 is 2.00 bits per heavy atom. The summed E-state index contributed by atoms with van der Waals surface area (Å²) < 4.78 is 0. The molecule has 1 N–H and O–H groups in total. The lowest BCUT2D eigenvalue weighted by Crippen LogP contribution is -2.29. The molecule has 4 heteroatoms. The number of amides is 3. The zero-order chi connectivity index (χ0) is 9.97. The quantitative estimate of drug-likeness (QED) is 0.687. The summed E-state index contributed by atoms with van der Waals surface area (Å²) in [5, 5.41) is 2.29. The van der Waals surface area contributed by atoms with E-state index in [0.29, 0.717) is 0 Å². The second-order valence-electron chi connectivity index (χ2n) is 4.21. The van der Waals surface area contributed by atoms with E-state index in [0.717, 1.165) is 18.9 Å². The summed E-state index contributed by atoms with van der Waals surface area (Å²) in [4.78, 5) is 23.7. The lowest BCUT2D eigenvalue weighted by Gasteiger charge is -2.15. The van der Waals surface area contributed by atoms with Crippen molar-refractivity contribution in [3.05, 3.63) is 0 Å². The van der Waals surface area contributed by atoms with E-state index in [9.17, 15) is 9.59 Å². The zero-order valence-corrected chi connectivity index (χ0v) is 8.29. The third-order valence-electron chi connectivity index (χ3n) is 3.15. The normalized spacial score (nSPS) is 23.3. The molecule has 1 saturated carbocycles. The summed E-state index contributed by atoms with van der Waals surface area (Å²) in [6, 6.07) is -0.215. The number of hydrogen-bond acceptors (Lipinski definition) is 2. The minimum absolute atomic E-state index is 0.165. The van der Waals surface area contributed by atoms with Crippen LogP contribution in [0.1, 0.15) is 32.1 Å². The van der Waals surface area contributed by atoms with E-state index in [1.54, 1.807) is 4.90 Å². The van der Waals surface area contributed by atoms with Crippen molar-refractivity contribution in [2.24, 2.45) is 5.92 Å². The van der Waals surface area contributed by atoms with E-state index < -0.39 is 0 Å². The van der Waals surface area contributed by atoms with Gasteiger partial charge in [-0.1, -0.05) is 25.7 Å². The summed E-state index contributed by atoms with van der Waals surface area (Å²) >= 11 is 0. The number of urea groups is 1. The van der Waals surface area contributed by atoms with Crippen molar-refractivity contribution in [1.29, 1.82) is 0 Å². The Morgan fingerprint density at radius 3 is 2.57 bits per heavy atom. The summed E-state index contributed by atoms with van der Waals surface area (Å²) in [6.45, 7) is 0.994. The van der Waals surface area contributed by atoms with E-state index in [-0.39, 0.29) is 18.5 Å². The molecule has 0 radical (unpaired) electrons. The van der Waals surface area contributed by atoms with Crippen LogP contribution in [0.3, 0.4) is 0 Å². The lowest BCUT2D eigenvalue weighted by molar-refractivity contribution is -0.118. The van der Waals surface area contributed by atoms with Crippen molar-refractivity contribution >= 4 is 11.9 Å². The van der Waals surface area contributed by atoms with Crippen molar-refractivity contribution in [3.63, 3.8) is 0 Å². The molecule has 0 aromatic heterocycles. The molecule has 0 aromatic rings. The Bertz CT molecular complexity index is 247. The smallest absolute Gasteiger partial charge is 0.315 e. The minimum Gasteiger partial charge on any atom is -0.315 e. The molecule has 1 saturated heterocycles. The molecule has 0 bridgehead atoms. The third-order valence-corrected chi connectivity index (χ3v) is 3.15. The van der Waals surface area contributed by atoms with Crippen LogP contribution in [0.15, 0.2) is 0 Å². The second-order valence-corrected chi connectivity index (χ2v) is 4.21. The first-order valence-corrected chi connectivity index (χ1v) is 5.34. The Balaban J connectivity index is 1.74. The van der Waals surface area contributed by atoms with Crippen molar-refractivity contribution in [1.82, 2.24) is 10.2 Å². The molecule has 78 valence electrons. The summed E-state index contributed by atoms with van der Waals surface area (Å²) in [7, 11) is 0. The predicted octanol–water partition coefficient (Wildman–Crippen LogP) is 1.12. The van der Waals surface area contributed by atoms with Crippen molar-refractivity contribution in [3.8, 4) is 0 Å². The van der Waals surface area contributed by atoms with Gasteiger partial charge in [-0.15, -0.1) is 0 Å². The van der Waals surface area contributed by atoms with E-state index in [1.807, 2.05) is 0 Å². The summed E-state index contributed by atoms with van der Waals surface area (Å²) in [5.41, 5.74) is 0. The van der Waals surface area contributed by atoms with Gasteiger partial charge in [0.2, 0.25) is 5.91 Å². The zero-order valence-electron chi connectivity index (χ0n) is 8.29. The van der Waals surface area contributed by atoms with E-state index >= 15 is 0 Å². The van der Waals surface area contributed by atoms with Gasteiger partial charge in [-0.3, -0.25) is 10.1 Å². The monoisotopic (exact) mass is 196 g/mol. The lowest BCUT2D eigenvalue weighted by atomic mass is 10.0. The summed E-state index contributed by atoms with van der Waals surface area (Å²) in [6.07, 6.45) is 6.30. The fourth-order valence-electron chi connectivity index (χ4n) is 2.30. The minimum atomic E-state index is -0.215. The molecule has 1 aliphatic carbocycles. The van der Waals surface area contributed by atoms with Gasteiger partial charge in [0.15, 0.2) is 0 Å². The average molecular weight is 196 g/mol. The largest absolute Gasteiger partial charge is 0.324 e. The Hall–Kier alpha value is -1.06. The van der Waals surface area contributed by atoms with Crippen LogP contribution in [-0.2, 0) is 4.79 Å². The van der Waals surface area contributed by atoms with Gasteiger partial charge in [0.1, 0.15) is 6.54 Å². The molecular formula is C10H16N2O2. The molecule has 0 spiro atoms. The highest BCUT2D eigenvalue weighted by Crippen LogP contribution is 2.27. The maximum absolute atomic E-state index is 11.2. The number of carbonyl (C=O) groups is 2. The molecule has 4 nitrogen and oxygen atoms in total. The van der Waals surface area contributed by atoms with Gasteiger partial charge in [-0.2, -0.15) is 0 Å². The standard InChI is InChI=1S/C10H16N2O2/c13-9-7-12(10(14)11-9)6-5-8-3-1-2-4-8/h8H,1-7H2,(H,11,13,14). The van der Waals surface area contributed by atoms with Crippen LogP contribution in [-0.4, -0.2) is 29.9 Å². The first kappa shape index (κ1) is 9.49. The Kier molecular flexibility index (Phi) is 2.70. The van der Waals surface area contributed by atoms with Crippen molar-refractivity contribution < 1.29 is 9.59 Å². The topological polar surface area (TPSA) is 49.4 Å². The molecule has 1 heterocycles.